The predicted molar refractivity (Wildman–Crippen MR) is 157 cm³/mol. The number of carbonyl (C=O) groups excluding carboxylic acids is 2. The van der Waals surface area contributed by atoms with Gasteiger partial charge in [-0.15, -0.1) is 0 Å². The minimum absolute atomic E-state index is 0.0220. The molecule has 39 heavy (non-hydrogen) atoms. The van der Waals surface area contributed by atoms with Gasteiger partial charge in [0, 0.05) is 68.7 Å². The fourth-order valence-corrected chi connectivity index (χ4v) is 6.39. The summed E-state index contributed by atoms with van der Waals surface area (Å²) in [6.45, 7) is 9.88. The highest BCUT2D eigenvalue weighted by molar-refractivity contribution is 6.30. The number of fused-ring (bicyclic) bond motifs is 1. The Bertz CT molecular complexity index is 1300. The third-order valence-electron chi connectivity index (χ3n) is 8.54. The molecule has 0 aliphatic carbocycles. The fraction of sp³-hybridized carbons (Fsp3) is 0.469. The van der Waals surface area contributed by atoms with Crippen molar-refractivity contribution >= 4 is 34.3 Å². The van der Waals surface area contributed by atoms with Crippen molar-refractivity contribution < 1.29 is 9.59 Å². The zero-order valence-electron chi connectivity index (χ0n) is 23.2. The molecule has 2 aromatic carbocycles. The van der Waals surface area contributed by atoms with Crippen molar-refractivity contribution in [3.05, 3.63) is 76.9 Å². The number of amides is 2. The molecule has 0 saturated carbocycles. The van der Waals surface area contributed by atoms with Crippen LogP contribution in [0.1, 0.15) is 57.2 Å². The van der Waals surface area contributed by atoms with E-state index in [0.29, 0.717) is 24.8 Å². The molecule has 206 valence electrons. The highest BCUT2D eigenvalue weighted by atomic mass is 35.5. The first-order valence-electron chi connectivity index (χ1n) is 14.2. The smallest absolute Gasteiger partial charge is 0.223 e. The molecule has 2 atom stereocenters. The van der Waals surface area contributed by atoms with Crippen LogP contribution in [-0.4, -0.2) is 70.3 Å². The summed E-state index contributed by atoms with van der Waals surface area (Å²) in [4.78, 5) is 36.6. The number of hydrogen-bond donors (Lipinski definition) is 0. The van der Waals surface area contributed by atoms with E-state index in [-0.39, 0.29) is 23.9 Å². The summed E-state index contributed by atoms with van der Waals surface area (Å²) in [7, 11) is 0. The van der Waals surface area contributed by atoms with Crippen LogP contribution in [0.2, 0.25) is 5.02 Å². The van der Waals surface area contributed by atoms with E-state index in [1.807, 2.05) is 41.4 Å². The molecule has 2 aliphatic rings. The summed E-state index contributed by atoms with van der Waals surface area (Å²) in [6, 6.07) is 18.7. The molecular formula is C32H39ClN4O2. The van der Waals surface area contributed by atoms with Gasteiger partial charge in [-0.05, 0) is 60.1 Å². The maximum Gasteiger partial charge on any atom is 0.223 e. The molecule has 2 amide bonds. The van der Waals surface area contributed by atoms with E-state index in [1.165, 1.54) is 5.56 Å². The first-order valence-corrected chi connectivity index (χ1v) is 14.6. The topological polar surface area (TPSA) is 56.8 Å². The SMILES string of the molecule is CC(=O)N1CCC(CC(=O)N2CCN(C(c3ccc(Cl)cc3)c3cnc4ccccc4c3)C[C@@H]2C(C)C)CC1. The molecule has 5 rings (SSSR count). The second kappa shape index (κ2) is 12.1. The number of rotatable bonds is 6. The fourth-order valence-electron chi connectivity index (χ4n) is 6.26. The maximum atomic E-state index is 13.6. The Morgan fingerprint density at radius 3 is 2.38 bits per heavy atom. The van der Waals surface area contributed by atoms with Crippen molar-refractivity contribution in [1.82, 2.24) is 19.7 Å². The van der Waals surface area contributed by atoms with E-state index in [1.54, 1.807) is 6.92 Å². The van der Waals surface area contributed by atoms with Crippen molar-refractivity contribution in [2.24, 2.45) is 11.8 Å². The van der Waals surface area contributed by atoms with Gasteiger partial charge >= 0.3 is 0 Å². The van der Waals surface area contributed by atoms with Gasteiger partial charge in [-0.2, -0.15) is 0 Å². The molecule has 1 aromatic heterocycles. The summed E-state index contributed by atoms with van der Waals surface area (Å²) < 4.78 is 0. The molecule has 6 nitrogen and oxygen atoms in total. The number of hydrogen-bond acceptors (Lipinski definition) is 4. The Morgan fingerprint density at radius 1 is 0.974 bits per heavy atom. The number of aromatic nitrogens is 1. The average Bonchev–Trinajstić information content (AvgIpc) is 2.94. The van der Waals surface area contributed by atoms with E-state index in [9.17, 15) is 9.59 Å². The molecule has 3 heterocycles. The minimum atomic E-state index is 0.0220. The third kappa shape index (κ3) is 6.28. The first kappa shape index (κ1) is 27.6. The van der Waals surface area contributed by atoms with Crippen molar-refractivity contribution in [1.29, 1.82) is 0 Å². The predicted octanol–water partition coefficient (Wildman–Crippen LogP) is 5.80. The largest absolute Gasteiger partial charge is 0.343 e. The average molecular weight is 547 g/mol. The van der Waals surface area contributed by atoms with E-state index in [0.717, 1.165) is 60.5 Å². The number of pyridine rings is 1. The summed E-state index contributed by atoms with van der Waals surface area (Å²) in [5, 5.41) is 1.85. The highest BCUT2D eigenvalue weighted by Crippen LogP contribution is 2.34. The van der Waals surface area contributed by atoms with Crippen molar-refractivity contribution in [2.75, 3.05) is 32.7 Å². The van der Waals surface area contributed by atoms with Gasteiger partial charge in [-0.1, -0.05) is 55.8 Å². The molecule has 2 saturated heterocycles. The molecule has 1 unspecified atom stereocenters. The lowest BCUT2D eigenvalue weighted by Crippen LogP contribution is -2.58. The lowest BCUT2D eigenvalue weighted by Gasteiger charge is -2.46. The number of halogens is 1. The summed E-state index contributed by atoms with van der Waals surface area (Å²) in [5.74, 6) is 1.07. The van der Waals surface area contributed by atoms with Crippen LogP contribution in [-0.2, 0) is 9.59 Å². The van der Waals surface area contributed by atoms with Crippen molar-refractivity contribution in [3.63, 3.8) is 0 Å². The third-order valence-corrected chi connectivity index (χ3v) is 8.79. The Labute approximate surface area is 236 Å². The number of likely N-dealkylation sites (tertiary alicyclic amines) is 1. The monoisotopic (exact) mass is 546 g/mol. The lowest BCUT2D eigenvalue weighted by atomic mass is 9.90. The molecule has 0 N–H and O–H groups in total. The van der Waals surface area contributed by atoms with Gasteiger partial charge in [0.15, 0.2) is 0 Å². The molecule has 0 radical (unpaired) electrons. The van der Waals surface area contributed by atoms with Gasteiger partial charge in [0.2, 0.25) is 11.8 Å². The molecule has 3 aromatic rings. The van der Waals surface area contributed by atoms with Gasteiger partial charge in [0.1, 0.15) is 0 Å². The van der Waals surface area contributed by atoms with Gasteiger partial charge in [-0.25, -0.2) is 0 Å². The quantitative estimate of drug-likeness (QED) is 0.392. The lowest BCUT2D eigenvalue weighted by molar-refractivity contribution is -0.139. The second-order valence-corrected chi connectivity index (χ2v) is 11.9. The van der Waals surface area contributed by atoms with Crippen LogP contribution in [0.25, 0.3) is 10.9 Å². The maximum absolute atomic E-state index is 13.6. The van der Waals surface area contributed by atoms with E-state index in [2.05, 4.69) is 47.9 Å². The second-order valence-electron chi connectivity index (χ2n) is 11.5. The van der Waals surface area contributed by atoms with Crippen LogP contribution in [0.4, 0.5) is 0 Å². The first-order chi connectivity index (χ1) is 18.8. The molecule has 2 aliphatic heterocycles. The van der Waals surface area contributed by atoms with E-state index >= 15 is 0 Å². The number of nitrogens with zero attached hydrogens (tertiary/aromatic N) is 4. The normalized spacial score (nSPS) is 20.0. The Hall–Kier alpha value is -2.96. The molecule has 0 spiro atoms. The van der Waals surface area contributed by atoms with Crippen molar-refractivity contribution in [3.8, 4) is 0 Å². The van der Waals surface area contributed by atoms with Crippen LogP contribution >= 0.6 is 11.6 Å². The molecule has 7 heteroatoms. The van der Waals surface area contributed by atoms with Gasteiger partial charge in [-0.3, -0.25) is 19.5 Å². The minimum Gasteiger partial charge on any atom is -0.343 e. The molecule has 2 fully saturated rings. The Kier molecular flexibility index (Phi) is 8.53. The van der Waals surface area contributed by atoms with Crippen molar-refractivity contribution in [2.45, 2.75) is 52.1 Å². The number of piperidine rings is 1. The zero-order chi connectivity index (χ0) is 27.5. The van der Waals surface area contributed by atoms with Gasteiger partial charge < -0.3 is 9.80 Å². The summed E-state index contributed by atoms with van der Waals surface area (Å²) >= 11 is 6.26. The number of para-hydroxylation sites is 1. The molecule has 0 bridgehead atoms. The van der Waals surface area contributed by atoms with Crippen LogP contribution < -0.4 is 0 Å². The van der Waals surface area contributed by atoms with Gasteiger partial charge in [0.25, 0.3) is 0 Å². The number of carbonyl (C=O) groups is 2. The number of piperazine rings is 1. The Morgan fingerprint density at radius 2 is 1.69 bits per heavy atom. The van der Waals surface area contributed by atoms with E-state index < -0.39 is 0 Å². The van der Waals surface area contributed by atoms with Crippen LogP contribution in [0.5, 0.6) is 0 Å². The highest BCUT2D eigenvalue weighted by Gasteiger charge is 2.37. The Balaban J connectivity index is 1.36. The number of benzene rings is 2. The van der Waals surface area contributed by atoms with Gasteiger partial charge in [0.05, 0.1) is 11.6 Å². The van der Waals surface area contributed by atoms with Crippen LogP contribution in [0, 0.1) is 11.8 Å². The standard InChI is InChI=1S/C32H39ClN4O2/c1-22(2)30-21-36(16-17-37(30)31(39)18-24-12-14-35(15-13-24)23(3)38)32(25-8-10-28(33)11-9-25)27-19-26-6-4-5-7-29(26)34-20-27/h4-11,19-20,22,24,30,32H,12-18,21H2,1-3H3/t30-,32?/m1/s1. The zero-order valence-corrected chi connectivity index (χ0v) is 24.0. The van der Waals surface area contributed by atoms with Crippen LogP contribution in [0.3, 0.4) is 0 Å². The molecular weight excluding hydrogens is 508 g/mol. The summed E-state index contributed by atoms with van der Waals surface area (Å²) in [6.07, 6.45) is 4.39. The van der Waals surface area contributed by atoms with Crippen LogP contribution in [0.15, 0.2) is 60.8 Å². The summed E-state index contributed by atoms with van der Waals surface area (Å²) in [5.41, 5.74) is 3.31. The van der Waals surface area contributed by atoms with E-state index in [4.69, 9.17) is 16.6 Å².